The van der Waals surface area contributed by atoms with Crippen LogP contribution >= 0.6 is 11.8 Å². The van der Waals surface area contributed by atoms with Gasteiger partial charge in [-0.2, -0.15) is 0 Å². The van der Waals surface area contributed by atoms with Crippen molar-refractivity contribution in [3.63, 3.8) is 0 Å². The summed E-state index contributed by atoms with van der Waals surface area (Å²) in [4.78, 5) is 1.24. The fraction of sp³-hybridized carbons (Fsp3) is 0.500. The van der Waals surface area contributed by atoms with E-state index in [4.69, 9.17) is 0 Å². The van der Waals surface area contributed by atoms with Crippen LogP contribution in [0.2, 0.25) is 0 Å². The molecule has 0 saturated carbocycles. The molecule has 1 aromatic rings. The van der Waals surface area contributed by atoms with Crippen LogP contribution in [0.5, 0.6) is 0 Å². The Hall–Kier alpha value is -0.510. The van der Waals surface area contributed by atoms with E-state index in [-0.39, 0.29) is 6.04 Å². The number of aliphatic hydroxyl groups is 1. The predicted octanol–water partition coefficient (Wildman–Crippen LogP) is 1.98. The van der Waals surface area contributed by atoms with E-state index in [2.05, 4.69) is 23.7 Å². The van der Waals surface area contributed by atoms with Crippen LogP contribution in [0.1, 0.15) is 18.9 Å². The van der Waals surface area contributed by atoms with E-state index in [1.165, 1.54) is 4.90 Å². The molecule has 0 spiro atoms. The Morgan fingerprint density at radius 3 is 2.53 bits per heavy atom. The van der Waals surface area contributed by atoms with E-state index in [1.807, 2.05) is 19.1 Å². The van der Waals surface area contributed by atoms with Gasteiger partial charge in [0.1, 0.15) is 5.60 Å². The van der Waals surface area contributed by atoms with Crippen LogP contribution in [0.25, 0.3) is 0 Å². The molecular weight excluding hydrogens is 206 g/mol. The maximum atomic E-state index is 10.5. The molecule has 1 saturated heterocycles. The lowest BCUT2D eigenvalue weighted by Crippen LogP contribution is -2.37. The predicted molar refractivity (Wildman–Crippen MR) is 64.2 cm³/mol. The van der Waals surface area contributed by atoms with Crippen molar-refractivity contribution in [3.05, 3.63) is 29.8 Å². The fourth-order valence-corrected chi connectivity index (χ4v) is 2.55. The van der Waals surface area contributed by atoms with Gasteiger partial charge in [-0.15, -0.1) is 11.8 Å². The Labute approximate surface area is 95.1 Å². The lowest BCUT2D eigenvalue weighted by Gasteiger charge is -2.27. The highest BCUT2D eigenvalue weighted by molar-refractivity contribution is 7.98. The topological polar surface area (TPSA) is 32.3 Å². The van der Waals surface area contributed by atoms with Gasteiger partial charge in [0.25, 0.3) is 0 Å². The second-order valence-electron chi connectivity index (χ2n) is 4.08. The van der Waals surface area contributed by atoms with E-state index in [1.54, 1.807) is 11.8 Å². The molecule has 1 fully saturated rings. The number of nitrogens with one attached hydrogen (secondary N) is 1. The third-order valence-corrected chi connectivity index (χ3v) is 4.01. The molecule has 1 aromatic carbocycles. The summed E-state index contributed by atoms with van der Waals surface area (Å²) in [6.45, 7) is 2.93. The van der Waals surface area contributed by atoms with Gasteiger partial charge < -0.3 is 10.4 Å². The average molecular weight is 223 g/mol. The molecule has 3 heteroatoms. The average Bonchev–Trinajstić information content (AvgIpc) is 2.61. The largest absolute Gasteiger partial charge is 0.383 e. The molecule has 1 aliphatic heterocycles. The van der Waals surface area contributed by atoms with Crippen molar-refractivity contribution in [2.75, 3.05) is 12.8 Å². The molecule has 0 aliphatic carbocycles. The Bertz CT molecular complexity index is 338. The molecule has 0 amide bonds. The second-order valence-corrected chi connectivity index (χ2v) is 4.96. The highest BCUT2D eigenvalue weighted by Crippen LogP contribution is 2.33. The Morgan fingerprint density at radius 2 is 2.07 bits per heavy atom. The van der Waals surface area contributed by atoms with Gasteiger partial charge in [0.15, 0.2) is 0 Å². The molecule has 2 N–H and O–H groups in total. The lowest BCUT2D eigenvalue weighted by atomic mass is 9.88. The lowest BCUT2D eigenvalue weighted by molar-refractivity contribution is 0.0292. The first-order valence-electron chi connectivity index (χ1n) is 5.27. The SMILES string of the molecule is CSc1ccc(C2(O)CCNC2C)cc1. The van der Waals surface area contributed by atoms with Gasteiger partial charge in [-0.05, 0) is 43.8 Å². The van der Waals surface area contributed by atoms with Gasteiger partial charge in [0, 0.05) is 10.9 Å². The van der Waals surface area contributed by atoms with E-state index < -0.39 is 5.60 Å². The quantitative estimate of drug-likeness (QED) is 0.752. The molecule has 2 unspecified atom stereocenters. The zero-order chi connectivity index (χ0) is 10.9. The first-order chi connectivity index (χ1) is 7.16. The first-order valence-corrected chi connectivity index (χ1v) is 6.49. The third-order valence-electron chi connectivity index (χ3n) is 3.26. The number of benzene rings is 1. The Balaban J connectivity index is 2.28. The minimum Gasteiger partial charge on any atom is -0.383 e. The molecular formula is C12H17NOS. The van der Waals surface area contributed by atoms with E-state index in [9.17, 15) is 5.11 Å². The molecule has 0 radical (unpaired) electrons. The van der Waals surface area contributed by atoms with Crippen LogP contribution < -0.4 is 5.32 Å². The van der Waals surface area contributed by atoms with Gasteiger partial charge >= 0.3 is 0 Å². The van der Waals surface area contributed by atoms with Gasteiger partial charge in [0.2, 0.25) is 0 Å². The van der Waals surface area contributed by atoms with Crippen LogP contribution in [0.3, 0.4) is 0 Å². The van der Waals surface area contributed by atoms with Crippen molar-refractivity contribution in [1.29, 1.82) is 0 Å². The minimum atomic E-state index is -0.684. The number of hydrogen-bond donors (Lipinski definition) is 2. The maximum Gasteiger partial charge on any atom is 0.106 e. The summed E-state index contributed by atoms with van der Waals surface area (Å²) in [6.07, 6.45) is 2.86. The van der Waals surface area contributed by atoms with Gasteiger partial charge in [-0.25, -0.2) is 0 Å². The monoisotopic (exact) mass is 223 g/mol. The summed E-state index contributed by atoms with van der Waals surface area (Å²) < 4.78 is 0. The molecule has 2 nitrogen and oxygen atoms in total. The second kappa shape index (κ2) is 4.16. The molecule has 15 heavy (non-hydrogen) atoms. The molecule has 1 aliphatic rings. The normalized spacial score (nSPS) is 30.7. The van der Waals surface area contributed by atoms with E-state index in [0.717, 1.165) is 18.5 Å². The zero-order valence-corrected chi connectivity index (χ0v) is 9.97. The Morgan fingerprint density at radius 1 is 1.40 bits per heavy atom. The van der Waals surface area contributed by atoms with Crippen molar-refractivity contribution < 1.29 is 5.11 Å². The standard InChI is InChI=1S/C12H17NOS/c1-9-12(14,7-8-13-9)10-3-5-11(15-2)6-4-10/h3-6,9,13-14H,7-8H2,1-2H3. The van der Waals surface area contributed by atoms with Gasteiger partial charge in [-0.3, -0.25) is 0 Å². The highest BCUT2D eigenvalue weighted by Gasteiger charge is 2.39. The summed E-state index contributed by atoms with van der Waals surface area (Å²) in [5.74, 6) is 0. The maximum absolute atomic E-state index is 10.5. The first kappa shape index (κ1) is 11.0. The molecule has 82 valence electrons. The van der Waals surface area contributed by atoms with Crippen LogP contribution in [-0.4, -0.2) is 23.9 Å². The van der Waals surface area contributed by atoms with Crippen molar-refractivity contribution >= 4 is 11.8 Å². The van der Waals surface area contributed by atoms with Crippen LogP contribution in [0, 0.1) is 0 Å². The number of hydrogen-bond acceptors (Lipinski definition) is 3. The molecule has 2 atom stereocenters. The van der Waals surface area contributed by atoms with Crippen molar-refractivity contribution in [2.45, 2.75) is 29.9 Å². The van der Waals surface area contributed by atoms with Crippen molar-refractivity contribution in [1.82, 2.24) is 5.32 Å². The van der Waals surface area contributed by atoms with Gasteiger partial charge in [-0.1, -0.05) is 12.1 Å². The molecule has 1 heterocycles. The van der Waals surface area contributed by atoms with Gasteiger partial charge in [0.05, 0.1) is 0 Å². The number of rotatable bonds is 2. The van der Waals surface area contributed by atoms with Crippen LogP contribution in [0.15, 0.2) is 29.2 Å². The number of thioether (sulfide) groups is 1. The highest BCUT2D eigenvalue weighted by atomic mass is 32.2. The zero-order valence-electron chi connectivity index (χ0n) is 9.16. The summed E-state index contributed by atoms with van der Waals surface area (Å²) in [5, 5.41) is 13.8. The molecule has 2 rings (SSSR count). The van der Waals surface area contributed by atoms with Crippen LogP contribution in [0.4, 0.5) is 0 Å². The fourth-order valence-electron chi connectivity index (χ4n) is 2.14. The Kier molecular flexibility index (Phi) is 3.05. The van der Waals surface area contributed by atoms with E-state index in [0.29, 0.717) is 0 Å². The molecule has 0 aromatic heterocycles. The third kappa shape index (κ3) is 1.92. The van der Waals surface area contributed by atoms with Crippen molar-refractivity contribution in [2.24, 2.45) is 0 Å². The minimum absolute atomic E-state index is 0.137. The van der Waals surface area contributed by atoms with Crippen LogP contribution in [-0.2, 0) is 5.60 Å². The van der Waals surface area contributed by atoms with E-state index >= 15 is 0 Å². The van der Waals surface area contributed by atoms with Crippen molar-refractivity contribution in [3.8, 4) is 0 Å². The summed E-state index contributed by atoms with van der Waals surface area (Å²) in [5.41, 5.74) is 0.342. The summed E-state index contributed by atoms with van der Waals surface area (Å²) in [7, 11) is 0. The summed E-state index contributed by atoms with van der Waals surface area (Å²) in [6, 6.07) is 8.36. The molecule has 0 bridgehead atoms. The smallest absolute Gasteiger partial charge is 0.106 e. The summed E-state index contributed by atoms with van der Waals surface area (Å²) >= 11 is 1.72.